The summed E-state index contributed by atoms with van der Waals surface area (Å²) in [7, 11) is 0. The Morgan fingerprint density at radius 3 is 3.07 bits per heavy atom. The second-order valence-electron chi connectivity index (χ2n) is 3.14. The number of nitrogens with zero attached hydrogens (tertiary/aromatic N) is 3. The van der Waals surface area contributed by atoms with Crippen LogP contribution in [0, 0.1) is 12.3 Å². The average Bonchev–Trinajstić information content (AvgIpc) is 2.80. The number of hydrogen-bond donors (Lipinski definition) is 1. The Balaban J connectivity index is 2.24. The van der Waals surface area contributed by atoms with Gasteiger partial charge in [0.25, 0.3) is 0 Å². The normalized spacial score (nSPS) is 9.80. The van der Waals surface area contributed by atoms with Crippen LogP contribution in [0.3, 0.4) is 0 Å². The van der Waals surface area contributed by atoms with Gasteiger partial charge in [0.15, 0.2) is 0 Å². The summed E-state index contributed by atoms with van der Waals surface area (Å²) < 4.78 is 0. The van der Waals surface area contributed by atoms with E-state index in [1.165, 1.54) is 5.56 Å². The van der Waals surface area contributed by atoms with Gasteiger partial charge < -0.3 is 0 Å². The van der Waals surface area contributed by atoms with Crippen LogP contribution < -0.4 is 0 Å². The topological polar surface area (TPSA) is 54.5 Å². The van der Waals surface area contributed by atoms with E-state index in [1.807, 2.05) is 24.3 Å². The van der Waals surface area contributed by atoms with Crippen LogP contribution in [0.5, 0.6) is 0 Å². The van der Waals surface area contributed by atoms with E-state index < -0.39 is 0 Å². The molecule has 1 aromatic carbocycles. The van der Waals surface area contributed by atoms with Gasteiger partial charge in [0.2, 0.25) is 5.82 Å². The lowest BCUT2D eigenvalue weighted by Crippen LogP contribution is -1.86. The van der Waals surface area contributed by atoms with Crippen molar-refractivity contribution in [2.75, 3.05) is 0 Å². The fourth-order valence-electron chi connectivity index (χ4n) is 1.37. The molecule has 74 valence electrons. The van der Waals surface area contributed by atoms with E-state index >= 15 is 0 Å². The third-order valence-corrected chi connectivity index (χ3v) is 2.09. The van der Waals surface area contributed by atoms with Crippen LogP contribution in [0.1, 0.15) is 12.0 Å². The number of aromatic nitrogens is 4. The molecule has 4 heteroatoms. The maximum absolute atomic E-state index is 5.22. The summed E-state index contributed by atoms with van der Waals surface area (Å²) in [6.45, 7) is 0. The molecule has 0 aliphatic heterocycles. The minimum atomic E-state index is 0.609. The molecule has 1 aromatic heterocycles. The van der Waals surface area contributed by atoms with Crippen molar-refractivity contribution < 1.29 is 0 Å². The van der Waals surface area contributed by atoms with E-state index in [0.717, 1.165) is 18.4 Å². The van der Waals surface area contributed by atoms with E-state index in [-0.39, 0.29) is 0 Å². The fourth-order valence-corrected chi connectivity index (χ4v) is 1.37. The molecule has 15 heavy (non-hydrogen) atoms. The first kappa shape index (κ1) is 9.41. The highest BCUT2D eigenvalue weighted by molar-refractivity contribution is 5.54. The average molecular weight is 198 g/mol. The number of aromatic amines is 1. The van der Waals surface area contributed by atoms with Crippen LogP contribution in [0.2, 0.25) is 0 Å². The minimum Gasteiger partial charge on any atom is -0.177 e. The van der Waals surface area contributed by atoms with Crippen LogP contribution in [-0.4, -0.2) is 20.6 Å². The molecule has 0 unspecified atom stereocenters. The summed E-state index contributed by atoms with van der Waals surface area (Å²) in [6.07, 6.45) is 6.84. The van der Waals surface area contributed by atoms with Crippen molar-refractivity contribution in [2.24, 2.45) is 0 Å². The van der Waals surface area contributed by atoms with Gasteiger partial charge in [-0.2, -0.15) is 5.21 Å². The van der Waals surface area contributed by atoms with Crippen molar-refractivity contribution in [1.82, 2.24) is 20.6 Å². The Morgan fingerprint density at radius 2 is 2.33 bits per heavy atom. The first-order valence-corrected chi connectivity index (χ1v) is 4.66. The Hall–Kier alpha value is -2.15. The summed E-state index contributed by atoms with van der Waals surface area (Å²) in [4.78, 5) is 0. The highest BCUT2D eigenvalue weighted by Gasteiger charge is 2.02. The number of nitrogens with one attached hydrogen (secondary N) is 1. The number of H-pyrrole nitrogens is 1. The molecule has 0 fully saturated rings. The van der Waals surface area contributed by atoms with Crippen molar-refractivity contribution >= 4 is 0 Å². The smallest absolute Gasteiger partial charge is 0.177 e. The molecule has 0 bridgehead atoms. The van der Waals surface area contributed by atoms with Gasteiger partial charge >= 0.3 is 0 Å². The zero-order valence-corrected chi connectivity index (χ0v) is 8.14. The Labute approximate surface area is 87.7 Å². The van der Waals surface area contributed by atoms with Crippen LogP contribution >= 0.6 is 0 Å². The second-order valence-corrected chi connectivity index (χ2v) is 3.14. The number of terminal acetylenes is 1. The van der Waals surface area contributed by atoms with E-state index in [1.54, 1.807) is 0 Å². The zero-order valence-electron chi connectivity index (χ0n) is 8.14. The Kier molecular flexibility index (Phi) is 2.75. The van der Waals surface area contributed by atoms with Gasteiger partial charge in [0.05, 0.1) is 0 Å². The lowest BCUT2D eigenvalue weighted by atomic mass is 10.1. The molecule has 2 rings (SSSR count). The maximum Gasteiger partial charge on any atom is 0.204 e. The highest BCUT2D eigenvalue weighted by Crippen LogP contribution is 2.15. The Bertz CT molecular complexity index is 468. The van der Waals surface area contributed by atoms with E-state index in [0.29, 0.717) is 5.82 Å². The first-order valence-electron chi connectivity index (χ1n) is 4.66. The summed E-state index contributed by atoms with van der Waals surface area (Å²) in [6, 6.07) is 7.99. The molecule has 0 saturated carbocycles. The van der Waals surface area contributed by atoms with Crippen LogP contribution in [0.4, 0.5) is 0 Å². The standard InChI is InChI=1S/C11H10N4/c1-2-3-5-9-6-4-7-10(8-9)11-12-14-15-13-11/h1,4,6-8H,3,5H2,(H,12,13,14,15). The summed E-state index contributed by atoms with van der Waals surface area (Å²) in [5, 5.41) is 13.8. The minimum absolute atomic E-state index is 0.609. The van der Waals surface area contributed by atoms with Gasteiger partial charge in [0.1, 0.15) is 0 Å². The molecule has 0 amide bonds. The number of benzene rings is 1. The van der Waals surface area contributed by atoms with Crippen molar-refractivity contribution in [3.63, 3.8) is 0 Å². The van der Waals surface area contributed by atoms with Crippen molar-refractivity contribution in [1.29, 1.82) is 0 Å². The molecule has 0 aliphatic carbocycles. The van der Waals surface area contributed by atoms with E-state index in [2.05, 4.69) is 26.5 Å². The van der Waals surface area contributed by atoms with Crippen LogP contribution in [-0.2, 0) is 6.42 Å². The SMILES string of the molecule is C#CCCc1cccc(-c2nn[nH]n2)c1. The first-order chi connectivity index (χ1) is 7.40. The predicted octanol–water partition coefficient (Wildman–Crippen LogP) is 1.43. The molecule has 0 saturated heterocycles. The van der Waals surface area contributed by atoms with Gasteiger partial charge in [-0.3, -0.25) is 0 Å². The summed E-state index contributed by atoms with van der Waals surface area (Å²) >= 11 is 0. The lowest BCUT2D eigenvalue weighted by Gasteiger charge is -1.99. The summed E-state index contributed by atoms with van der Waals surface area (Å²) in [5.41, 5.74) is 2.15. The molecule has 0 spiro atoms. The molecule has 1 heterocycles. The summed E-state index contributed by atoms with van der Waals surface area (Å²) in [5.74, 6) is 3.23. The number of aryl methyl sites for hydroxylation is 1. The van der Waals surface area contributed by atoms with Crippen molar-refractivity contribution in [2.45, 2.75) is 12.8 Å². The van der Waals surface area contributed by atoms with Gasteiger partial charge in [0, 0.05) is 12.0 Å². The van der Waals surface area contributed by atoms with Gasteiger partial charge in [-0.1, -0.05) is 18.2 Å². The third-order valence-electron chi connectivity index (χ3n) is 2.09. The molecule has 0 radical (unpaired) electrons. The molecule has 0 atom stereocenters. The largest absolute Gasteiger partial charge is 0.204 e. The van der Waals surface area contributed by atoms with Gasteiger partial charge in [-0.05, 0) is 23.3 Å². The van der Waals surface area contributed by atoms with Gasteiger partial charge in [-0.25, -0.2) is 0 Å². The number of tetrazole rings is 1. The maximum atomic E-state index is 5.22. The lowest BCUT2D eigenvalue weighted by molar-refractivity contribution is 0.881. The molecule has 4 nitrogen and oxygen atoms in total. The van der Waals surface area contributed by atoms with E-state index in [9.17, 15) is 0 Å². The van der Waals surface area contributed by atoms with Crippen molar-refractivity contribution in [3.8, 4) is 23.7 Å². The number of rotatable bonds is 3. The van der Waals surface area contributed by atoms with Crippen LogP contribution in [0.15, 0.2) is 24.3 Å². The molecule has 1 N–H and O–H groups in total. The third kappa shape index (κ3) is 2.20. The zero-order chi connectivity index (χ0) is 10.5. The number of hydrogen-bond acceptors (Lipinski definition) is 3. The van der Waals surface area contributed by atoms with Gasteiger partial charge in [-0.15, -0.1) is 22.5 Å². The molecular formula is C11H10N4. The predicted molar refractivity (Wildman–Crippen MR) is 56.8 cm³/mol. The molecular weight excluding hydrogens is 188 g/mol. The fraction of sp³-hybridized carbons (Fsp3) is 0.182. The quantitative estimate of drug-likeness (QED) is 0.759. The van der Waals surface area contributed by atoms with Crippen molar-refractivity contribution in [3.05, 3.63) is 29.8 Å². The van der Waals surface area contributed by atoms with E-state index in [4.69, 9.17) is 6.42 Å². The highest BCUT2D eigenvalue weighted by atomic mass is 15.5. The van der Waals surface area contributed by atoms with Crippen LogP contribution in [0.25, 0.3) is 11.4 Å². The Morgan fingerprint density at radius 1 is 1.40 bits per heavy atom. The monoisotopic (exact) mass is 198 g/mol. The molecule has 0 aliphatic rings. The second kappa shape index (κ2) is 4.38. The molecule has 2 aromatic rings.